The van der Waals surface area contributed by atoms with E-state index in [9.17, 15) is 4.79 Å². The van der Waals surface area contributed by atoms with Crippen LogP contribution in [0.1, 0.15) is 37.7 Å². The van der Waals surface area contributed by atoms with Crippen molar-refractivity contribution in [2.45, 2.75) is 38.1 Å². The molecule has 1 saturated heterocycles. The van der Waals surface area contributed by atoms with Crippen molar-refractivity contribution < 1.29 is 4.79 Å². The van der Waals surface area contributed by atoms with Gasteiger partial charge in [-0.15, -0.1) is 0 Å². The lowest BCUT2D eigenvalue weighted by atomic mass is 9.88. The summed E-state index contributed by atoms with van der Waals surface area (Å²) < 4.78 is 0. The maximum Gasteiger partial charge on any atom is 0.282 e. The van der Waals surface area contributed by atoms with E-state index in [2.05, 4.69) is 12.3 Å². The van der Waals surface area contributed by atoms with Crippen LogP contribution < -0.4 is 10.4 Å². The number of nitrogens with zero attached hydrogens (tertiary/aromatic N) is 3. The molecule has 0 spiro atoms. The van der Waals surface area contributed by atoms with E-state index in [1.807, 2.05) is 46.4 Å². The van der Waals surface area contributed by atoms with Gasteiger partial charge in [0.25, 0.3) is 5.91 Å². The van der Waals surface area contributed by atoms with Gasteiger partial charge in [0, 0.05) is 18.1 Å². The number of amides is 1. The monoisotopic (exact) mass is 430 g/mol. The molecule has 2 atom stereocenters. The Kier molecular flexibility index (Phi) is 6.09. The first-order chi connectivity index (χ1) is 14.0. The van der Waals surface area contributed by atoms with Gasteiger partial charge in [-0.2, -0.15) is 5.10 Å². The summed E-state index contributed by atoms with van der Waals surface area (Å²) in [7, 11) is 0. The van der Waals surface area contributed by atoms with E-state index in [0.717, 1.165) is 37.2 Å². The highest BCUT2D eigenvalue weighted by atomic mass is 35.5. The summed E-state index contributed by atoms with van der Waals surface area (Å²) in [4.78, 5) is 13.2. The number of carbonyl (C=O) groups excluding carboxylic acids is 1. The predicted octanol–water partition coefficient (Wildman–Crippen LogP) is 4.86. The second-order valence-corrected chi connectivity index (χ2v) is 8.39. The van der Waals surface area contributed by atoms with Crippen LogP contribution in [-0.4, -0.2) is 35.8 Å². The third-order valence-corrected chi connectivity index (χ3v) is 6.08. The lowest BCUT2D eigenvalue weighted by Crippen LogP contribution is -2.48. The number of hydrazine groups is 1. The quantitative estimate of drug-likeness (QED) is 0.753. The Labute approximate surface area is 181 Å². The molecule has 2 aliphatic rings. The summed E-state index contributed by atoms with van der Waals surface area (Å²) >= 11 is 12.5. The third kappa shape index (κ3) is 4.27. The van der Waals surface area contributed by atoms with Gasteiger partial charge in [-0.1, -0.05) is 60.0 Å². The molecule has 2 aromatic rings. The fourth-order valence-corrected chi connectivity index (χ4v) is 4.56. The molecule has 0 aromatic heterocycles. The molecule has 2 aliphatic heterocycles. The van der Waals surface area contributed by atoms with Crippen LogP contribution in [0.15, 0.2) is 53.6 Å². The van der Waals surface area contributed by atoms with E-state index in [1.165, 1.54) is 6.42 Å². The molecule has 1 N–H and O–H groups in total. The largest absolute Gasteiger partial charge is 0.284 e. The number of benzene rings is 2. The van der Waals surface area contributed by atoms with Gasteiger partial charge in [-0.05, 0) is 43.5 Å². The first-order valence-corrected chi connectivity index (χ1v) is 10.7. The van der Waals surface area contributed by atoms with Crippen molar-refractivity contribution in [3.05, 3.63) is 64.1 Å². The van der Waals surface area contributed by atoms with Gasteiger partial charge in [-0.3, -0.25) is 15.2 Å². The van der Waals surface area contributed by atoms with Gasteiger partial charge in [0.1, 0.15) is 5.71 Å². The van der Waals surface area contributed by atoms with E-state index < -0.39 is 0 Å². The summed E-state index contributed by atoms with van der Waals surface area (Å²) in [5.74, 6) is -0.312. The first kappa shape index (κ1) is 20.2. The van der Waals surface area contributed by atoms with E-state index in [-0.39, 0.29) is 17.9 Å². The molecule has 2 heterocycles. The van der Waals surface area contributed by atoms with Crippen molar-refractivity contribution in [2.24, 2.45) is 5.10 Å². The Morgan fingerprint density at radius 1 is 1.07 bits per heavy atom. The normalized spacial score (nSPS) is 22.4. The number of piperidine rings is 1. The standard InChI is InChI=1S/C22H24Cl2N4O/c1-15-20(16-8-4-2-5-9-16)21(22(29)26-27-12-6-3-7-13-27)25-28(15)19-11-10-17(23)14-18(19)24/h2,4-5,8-11,14-15,20H,3,6-7,12-13H2,1H3,(H,26,29)/t15-,20+/m1/s1. The van der Waals surface area contributed by atoms with Gasteiger partial charge in [0.15, 0.2) is 0 Å². The fraction of sp³-hybridized carbons (Fsp3) is 0.364. The summed E-state index contributed by atoms with van der Waals surface area (Å²) in [5, 5.41) is 9.65. The molecule has 0 bridgehead atoms. The number of anilines is 1. The van der Waals surface area contributed by atoms with Crippen LogP contribution in [0.4, 0.5) is 5.69 Å². The topological polar surface area (TPSA) is 47.9 Å². The molecule has 7 heteroatoms. The molecule has 0 unspecified atom stereocenters. The van der Waals surface area contributed by atoms with Crippen LogP contribution in [0.5, 0.6) is 0 Å². The van der Waals surface area contributed by atoms with Crippen molar-refractivity contribution in [3.63, 3.8) is 0 Å². The zero-order valence-corrected chi connectivity index (χ0v) is 17.8. The summed E-state index contributed by atoms with van der Waals surface area (Å²) in [6.45, 7) is 3.81. The molecule has 4 rings (SSSR count). The molecule has 0 radical (unpaired) electrons. The van der Waals surface area contributed by atoms with Crippen molar-refractivity contribution in [1.29, 1.82) is 0 Å². The molecule has 1 fully saturated rings. The highest BCUT2D eigenvalue weighted by molar-refractivity contribution is 6.42. The molecule has 152 valence electrons. The minimum Gasteiger partial charge on any atom is -0.284 e. The van der Waals surface area contributed by atoms with E-state index in [4.69, 9.17) is 28.3 Å². The Balaban J connectivity index is 1.68. The number of nitrogens with one attached hydrogen (secondary N) is 1. The molecule has 2 aromatic carbocycles. The van der Waals surface area contributed by atoms with Gasteiger partial charge >= 0.3 is 0 Å². The van der Waals surface area contributed by atoms with Gasteiger partial charge in [0.2, 0.25) is 0 Å². The predicted molar refractivity (Wildman–Crippen MR) is 119 cm³/mol. The Morgan fingerprint density at radius 2 is 1.79 bits per heavy atom. The van der Waals surface area contributed by atoms with E-state index >= 15 is 0 Å². The van der Waals surface area contributed by atoms with Crippen LogP contribution >= 0.6 is 23.2 Å². The van der Waals surface area contributed by atoms with Crippen LogP contribution in [0.2, 0.25) is 10.0 Å². The minimum absolute atomic E-state index is 0.0711. The van der Waals surface area contributed by atoms with Crippen LogP contribution in [-0.2, 0) is 4.79 Å². The maximum absolute atomic E-state index is 13.2. The lowest BCUT2D eigenvalue weighted by molar-refractivity contribution is -0.119. The smallest absolute Gasteiger partial charge is 0.282 e. The second kappa shape index (κ2) is 8.74. The number of rotatable bonds is 4. The fourth-order valence-electron chi connectivity index (χ4n) is 4.07. The average Bonchev–Trinajstić information content (AvgIpc) is 3.06. The van der Waals surface area contributed by atoms with E-state index in [1.54, 1.807) is 12.1 Å². The molecule has 0 saturated carbocycles. The number of carbonyl (C=O) groups is 1. The molecule has 0 aliphatic carbocycles. The Bertz CT molecular complexity index is 912. The lowest BCUT2D eigenvalue weighted by Gasteiger charge is -2.28. The molecule has 29 heavy (non-hydrogen) atoms. The second-order valence-electron chi connectivity index (χ2n) is 7.54. The van der Waals surface area contributed by atoms with Gasteiger partial charge in [0.05, 0.1) is 22.7 Å². The Morgan fingerprint density at radius 3 is 2.48 bits per heavy atom. The maximum atomic E-state index is 13.2. The van der Waals surface area contributed by atoms with Crippen molar-refractivity contribution in [1.82, 2.24) is 10.4 Å². The minimum atomic E-state index is -0.160. The molecule has 5 nitrogen and oxygen atoms in total. The van der Waals surface area contributed by atoms with Crippen molar-refractivity contribution in [2.75, 3.05) is 18.1 Å². The molecular weight excluding hydrogens is 407 g/mol. The van der Waals surface area contributed by atoms with Crippen molar-refractivity contribution >= 4 is 40.5 Å². The summed E-state index contributed by atoms with van der Waals surface area (Å²) in [5.41, 5.74) is 5.36. The highest BCUT2D eigenvalue weighted by Crippen LogP contribution is 2.38. The summed E-state index contributed by atoms with van der Waals surface area (Å²) in [6, 6.07) is 15.3. The number of hydrogen-bond donors (Lipinski definition) is 1. The summed E-state index contributed by atoms with van der Waals surface area (Å²) in [6.07, 6.45) is 3.40. The van der Waals surface area contributed by atoms with E-state index in [0.29, 0.717) is 15.8 Å². The van der Waals surface area contributed by atoms with Crippen molar-refractivity contribution in [3.8, 4) is 0 Å². The zero-order chi connectivity index (χ0) is 20.4. The third-order valence-electron chi connectivity index (χ3n) is 5.54. The SMILES string of the molecule is C[C@@H]1[C@@H](c2ccccc2)C(C(=O)NN2CCCCC2)=NN1c1ccc(Cl)cc1Cl. The first-order valence-electron chi connectivity index (χ1n) is 9.98. The number of hydrazone groups is 1. The number of hydrogen-bond acceptors (Lipinski definition) is 4. The highest BCUT2D eigenvalue weighted by Gasteiger charge is 2.40. The van der Waals surface area contributed by atoms with Crippen LogP contribution in [0.3, 0.4) is 0 Å². The van der Waals surface area contributed by atoms with Gasteiger partial charge < -0.3 is 0 Å². The van der Waals surface area contributed by atoms with Crippen LogP contribution in [0, 0.1) is 0 Å². The zero-order valence-electron chi connectivity index (χ0n) is 16.3. The Hall–Kier alpha value is -2.08. The number of halogens is 2. The van der Waals surface area contributed by atoms with Crippen LogP contribution in [0.25, 0.3) is 0 Å². The molecule has 1 amide bonds. The average molecular weight is 431 g/mol. The molecular formula is C22H24Cl2N4O. The van der Waals surface area contributed by atoms with Gasteiger partial charge in [-0.25, -0.2) is 5.01 Å².